The fraction of sp³-hybridized carbons (Fsp3) is 0.282. The molecule has 0 atom stereocenters. The van der Waals surface area contributed by atoms with Crippen LogP contribution in [0.5, 0.6) is 5.75 Å². The second-order valence-electron chi connectivity index (χ2n) is 12.5. The predicted octanol–water partition coefficient (Wildman–Crippen LogP) is 8.14. The molecule has 11 heteroatoms. The Morgan fingerprint density at radius 3 is 2.32 bits per heavy atom. The van der Waals surface area contributed by atoms with Gasteiger partial charge < -0.3 is 25.7 Å². The number of nitrogens with two attached hydrogens (primary N) is 1. The molecule has 0 aliphatic rings. The molecule has 0 bridgehead atoms. The second-order valence-corrected chi connectivity index (χ2v) is 13.3. The first-order chi connectivity index (χ1) is 23.9. The van der Waals surface area contributed by atoms with Crippen LogP contribution in [0.1, 0.15) is 62.5 Å². The van der Waals surface area contributed by atoms with Gasteiger partial charge in [0.25, 0.3) is 5.91 Å². The van der Waals surface area contributed by atoms with E-state index < -0.39 is 5.91 Å². The lowest BCUT2D eigenvalue weighted by molar-refractivity contribution is -0.109. The SMILES string of the molecule is Cc1cc(/C=C(\CCCOc2cc(C)c(Cl)c(C)c2)c2ccc(Cl)c(-c3c(C)ncnc3C)c2NCCNC=O)c2c(c1)cc(C(N)=O)n2C. The van der Waals surface area contributed by atoms with E-state index in [1.807, 2.05) is 76.6 Å². The first-order valence-corrected chi connectivity index (χ1v) is 17.2. The smallest absolute Gasteiger partial charge is 0.265 e. The first kappa shape index (κ1) is 36.4. The Labute approximate surface area is 302 Å². The number of nitrogens with one attached hydrogen (secondary N) is 2. The average molecular weight is 714 g/mol. The molecular weight excluding hydrogens is 671 g/mol. The van der Waals surface area contributed by atoms with E-state index in [1.165, 1.54) is 0 Å². The maximum absolute atomic E-state index is 12.3. The van der Waals surface area contributed by atoms with Crippen LogP contribution < -0.4 is 21.1 Å². The molecule has 9 nitrogen and oxygen atoms in total. The molecule has 0 unspecified atom stereocenters. The lowest BCUT2D eigenvalue weighted by Crippen LogP contribution is -2.21. The van der Waals surface area contributed by atoms with Gasteiger partial charge >= 0.3 is 0 Å². The molecule has 0 spiro atoms. The summed E-state index contributed by atoms with van der Waals surface area (Å²) in [7, 11) is 1.85. The highest BCUT2D eigenvalue weighted by atomic mass is 35.5. The number of nitrogens with zero attached hydrogens (tertiary/aromatic N) is 3. The van der Waals surface area contributed by atoms with E-state index in [0.717, 1.165) is 83.3 Å². The number of halogens is 2. The summed E-state index contributed by atoms with van der Waals surface area (Å²) in [4.78, 5) is 32.4. The molecule has 4 N–H and O–H groups in total. The largest absolute Gasteiger partial charge is 0.494 e. The Balaban J connectivity index is 1.68. The van der Waals surface area contributed by atoms with Gasteiger partial charge in [-0.25, -0.2) is 9.97 Å². The van der Waals surface area contributed by atoms with Crippen molar-refractivity contribution < 1.29 is 14.3 Å². The number of rotatable bonds is 14. The summed E-state index contributed by atoms with van der Waals surface area (Å²) in [5.41, 5.74) is 17.0. The molecule has 0 saturated carbocycles. The third-order valence-electron chi connectivity index (χ3n) is 8.78. The molecule has 260 valence electrons. The molecule has 0 radical (unpaired) electrons. The molecule has 3 aromatic carbocycles. The third kappa shape index (κ3) is 7.79. The molecule has 5 aromatic rings. The van der Waals surface area contributed by atoms with Crippen LogP contribution in [-0.2, 0) is 11.8 Å². The average Bonchev–Trinajstić information content (AvgIpc) is 3.40. The maximum Gasteiger partial charge on any atom is 0.265 e. The monoisotopic (exact) mass is 712 g/mol. The third-order valence-corrected chi connectivity index (χ3v) is 9.70. The van der Waals surface area contributed by atoms with E-state index in [0.29, 0.717) is 49.7 Å². The fourth-order valence-corrected chi connectivity index (χ4v) is 6.87. The Morgan fingerprint density at radius 1 is 0.960 bits per heavy atom. The van der Waals surface area contributed by atoms with E-state index in [9.17, 15) is 9.59 Å². The highest BCUT2D eigenvalue weighted by Crippen LogP contribution is 2.43. The van der Waals surface area contributed by atoms with Gasteiger partial charge in [-0.2, -0.15) is 0 Å². The summed E-state index contributed by atoms with van der Waals surface area (Å²) in [6.07, 6.45) is 5.72. The highest BCUT2D eigenvalue weighted by Gasteiger charge is 2.22. The number of aromatic nitrogens is 3. The quantitative estimate of drug-likeness (QED) is 0.0607. The number of aryl methyl sites for hydroxylation is 6. The Bertz CT molecular complexity index is 2080. The molecule has 0 fully saturated rings. The Hall–Kier alpha value is -4.86. The standard InChI is InChI=1S/C39H42Cl2N6O3/c1-22-14-28(38-29(15-22)19-33(39(42)49)47(38)6)18-27(8-7-13-50-30-16-23(2)36(41)24(3)17-30)31-9-10-32(40)35(37(31)44-12-11-43-21-48)34-25(4)45-20-46-26(34)5/h9-10,14-21,44H,7-8,11-13H2,1-6H3,(H2,42,49)(H,43,48)/b27-18+. The summed E-state index contributed by atoms with van der Waals surface area (Å²) < 4.78 is 8.07. The first-order valence-electron chi connectivity index (χ1n) is 16.4. The lowest BCUT2D eigenvalue weighted by Gasteiger charge is -2.22. The van der Waals surface area contributed by atoms with Crippen molar-refractivity contribution in [1.82, 2.24) is 19.9 Å². The van der Waals surface area contributed by atoms with Crippen LogP contribution >= 0.6 is 23.2 Å². The van der Waals surface area contributed by atoms with Crippen molar-refractivity contribution in [1.29, 1.82) is 0 Å². The Morgan fingerprint density at radius 2 is 1.66 bits per heavy atom. The van der Waals surface area contributed by atoms with Crippen LogP contribution in [0, 0.1) is 34.6 Å². The van der Waals surface area contributed by atoms with Gasteiger partial charge in [-0.1, -0.05) is 29.3 Å². The van der Waals surface area contributed by atoms with Crippen molar-refractivity contribution in [2.45, 2.75) is 47.5 Å². The van der Waals surface area contributed by atoms with Gasteiger partial charge in [0.15, 0.2) is 0 Å². The van der Waals surface area contributed by atoms with Gasteiger partial charge in [-0.3, -0.25) is 9.59 Å². The minimum atomic E-state index is -0.491. The summed E-state index contributed by atoms with van der Waals surface area (Å²) in [6, 6.07) is 13.8. The summed E-state index contributed by atoms with van der Waals surface area (Å²) in [5.74, 6) is 0.280. The van der Waals surface area contributed by atoms with Crippen LogP contribution in [0.25, 0.3) is 33.7 Å². The topological polar surface area (TPSA) is 124 Å². The molecular formula is C39H42Cl2N6O3. The van der Waals surface area contributed by atoms with Crippen molar-refractivity contribution in [3.8, 4) is 16.9 Å². The van der Waals surface area contributed by atoms with Gasteiger partial charge in [0.1, 0.15) is 17.8 Å². The van der Waals surface area contributed by atoms with Crippen LogP contribution in [0.15, 0.2) is 48.8 Å². The van der Waals surface area contributed by atoms with Crippen molar-refractivity contribution in [2.75, 3.05) is 25.0 Å². The number of carbonyl (C=O) groups excluding carboxylic acids is 2. The zero-order valence-electron chi connectivity index (χ0n) is 29.2. The number of carbonyl (C=O) groups is 2. The van der Waals surface area contributed by atoms with Crippen LogP contribution in [0.4, 0.5) is 5.69 Å². The number of benzene rings is 3. The van der Waals surface area contributed by atoms with Crippen molar-refractivity contribution in [3.05, 3.63) is 104 Å². The molecule has 2 heterocycles. The molecule has 0 aliphatic carbocycles. The summed E-state index contributed by atoms with van der Waals surface area (Å²) in [6.45, 7) is 11.2. The normalized spacial score (nSPS) is 11.6. The number of hydrogen-bond donors (Lipinski definition) is 3. The van der Waals surface area contributed by atoms with Crippen molar-refractivity contribution >= 4 is 63.8 Å². The number of anilines is 1. The number of hydrogen-bond acceptors (Lipinski definition) is 6. The zero-order chi connectivity index (χ0) is 36.1. The lowest BCUT2D eigenvalue weighted by atomic mass is 9.91. The second kappa shape index (κ2) is 15.8. The summed E-state index contributed by atoms with van der Waals surface area (Å²) >= 11 is 13.4. The molecule has 0 saturated heterocycles. The molecule has 0 aliphatic heterocycles. The summed E-state index contributed by atoms with van der Waals surface area (Å²) in [5, 5.41) is 8.52. The van der Waals surface area contributed by atoms with Crippen molar-refractivity contribution in [3.63, 3.8) is 0 Å². The van der Waals surface area contributed by atoms with Crippen LogP contribution in [0.3, 0.4) is 0 Å². The van der Waals surface area contributed by atoms with E-state index in [-0.39, 0.29) is 0 Å². The minimum absolute atomic E-state index is 0.405. The molecule has 2 aromatic heterocycles. The van der Waals surface area contributed by atoms with E-state index >= 15 is 0 Å². The van der Waals surface area contributed by atoms with Gasteiger partial charge in [0.05, 0.1) is 22.8 Å². The molecule has 5 rings (SSSR count). The number of amides is 2. The maximum atomic E-state index is 12.3. The van der Waals surface area contributed by atoms with E-state index in [2.05, 4.69) is 38.8 Å². The number of allylic oxidation sites excluding steroid dienone is 1. The van der Waals surface area contributed by atoms with E-state index in [4.69, 9.17) is 33.7 Å². The fourth-order valence-electron chi connectivity index (χ4n) is 6.50. The number of ether oxygens (including phenoxy) is 1. The Kier molecular flexibility index (Phi) is 11.5. The van der Waals surface area contributed by atoms with Crippen molar-refractivity contribution in [2.24, 2.45) is 12.8 Å². The van der Waals surface area contributed by atoms with Crippen LogP contribution in [0.2, 0.25) is 10.0 Å². The minimum Gasteiger partial charge on any atom is -0.494 e. The predicted molar refractivity (Wildman–Crippen MR) is 204 cm³/mol. The number of fused-ring (bicyclic) bond motifs is 1. The van der Waals surface area contributed by atoms with Gasteiger partial charge in [0.2, 0.25) is 6.41 Å². The van der Waals surface area contributed by atoms with Gasteiger partial charge in [-0.15, -0.1) is 0 Å². The molecule has 50 heavy (non-hydrogen) atoms. The van der Waals surface area contributed by atoms with Gasteiger partial charge in [-0.05, 0) is 118 Å². The van der Waals surface area contributed by atoms with E-state index in [1.54, 1.807) is 6.33 Å². The molecule has 2 amide bonds. The van der Waals surface area contributed by atoms with Crippen LogP contribution in [-0.4, -0.2) is 46.5 Å². The highest BCUT2D eigenvalue weighted by molar-refractivity contribution is 6.34. The number of primary amides is 1. The zero-order valence-corrected chi connectivity index (χ0v) is 30.7. The van der Waals surface area contributed by atoms with Gasteiger partial charge in [0, 0.05) is 58.6 Å².